The molecule has 2 aromatic carbocycles. The van der Waals surface area contributed by atoms with Crippen LogP contribution in [0.4, 0.5) is 5.69 Å². The number of rotatable bonds is 10. The molecular formula is C21H29N3O4. The minimum absolute atomic E-state index is 0.358. The van der Waals surface area contributed by atoms with Crippen LogP contribution in [0.25, 0.3) is 0 Å². The molecule has 0 unspecified atom stereocenters. The van der Waals surface area contributed by atoms with E-state index in [9.17, 15) is 0 Å². The van der Waals surface area contributed by atoms with Crippen molar-refractivity contribution in [3.63, 3.8) is 0 Å². The van der Waals surface area contributed by atoms with Gasteiger partial charge in [0.05, 0.1) is 27.9 Å². The van der Waals surface area contributed by atoms with E-state index in [0.717, 1.165) is 30.0 Å². The molecule has 0 saturated carbocycles. The molecule has 0 radical (unpaired) electrons. The number of nitrogens with zero attached hydrogens (tertiary/aromatic N) is 1. The number of methoxy groups -OCH3 is 3. The van der Waals surface area contributed by atoms with Crippen molar-refractivity contribution in [2.45, 2.75) is 19.8 Å². The zero-order valence-electron chi connectivity index (χ0n) is 17.0. The molecule has 0 fully saturated rings. The number of nitrogens with two attached hydrogens (primary N) is 1. The zero-order valence-corrected chi connectivity index (χ0v) is 17.0. The molecule has 7 nitrogen and oxygen atoms in total. The first-order chi connectivity index (χ1) is 13.6. The van der Waals surface area contributed by atoms with Gasteiger partial charge in [-0.15, -0.1) is 0 Å². The Morgan fingerprint density at radius 1 is 0.929 bits per heavy atom. The van der Waals surface area contributed by atoms with E-state index in [1.54, 1.807) is 21.3 Å². The third-order valence-electron chi connectivity index (χ3n) is 4.09. The summed E-state index contributed by atoms with van der Waals surface area (Å²) < 4.78 is 21.4. The van der Waals surface area contributed by atoms with Gasteiger partial charge in [0, 0.05) is 18.3 Å². The fourth-order valence-electron chi connectivity index (χ4n) is 2.73. The molecule has 0 spiro atoms. The lowest BCUT2D eigenvalue weighted by molar-refractivity contribution is 0.310. The Hall–Kier alpha value is -3.09. The Bertz CT molecular complexity index is 793. The maximum Gasteiger partial charge on any atom is 0.193 e. The number of aryl methyl sites for hydroxylation is 1. The molecule has 7 heteroatoms. The van der Waals surface area contributed by atoms with Crippen molar-refractivity contribution in [3.8, 4) is 23.0 Å². The topological polar surface area (TPSA) is 87.3 Å². The Kier molecular flexibility index (Phi) is 8.27. The van der Waals surface area contributed by atoms with E-state index in [2.05, 4.69) is 10.3 Å². The summed E-state index contributed by atoms with van der Waals surface area (Å²) in [5.74, 6) is 3.16. The number of ether oxygens (including phenoxy) is 4. The van der Waals surface area contributed by atoms with Crippen LogP contribution < -0.4 is 30.0 Å². The van der Waals surface area contributed by atoms with Gasteiger partial charge in [0.1, 0.15) is 0 Å². The standard InChI is InChI=1S/C21H29N3O4/c1-5-28-20-13-15(8-10-18(20)26-3)7-6-12-23-21(22)24-16-9-11-17(25-2)19(14-16)27-4/h8-11,13-14H,5-7,12H2,1-4H3,(H3,22,23,24). The molecule has 0 aromatic heterocycles. The summed E-state index contributed by atoms with van der Waals surface area (Å²) in [5, 5.41) is 3.06. The molecule has 0 bridgehead atoms. The molecule has 2 aromatic rings. The second kappa shape index (κ2) is 10.9. The molecule has 2 rings (SSSR count). The van der Waals surface area contributed by atoms with E-state index in [1.807, 2.05) is 43.3 Å². The van der Waals surface area contributed by atoms with Gasteiger partial charge in [-0.2, -0.15) is 0 Å². The molecule has 0 saturated heterocycles. The summed E-state index contributed by atoms with van der Waals surface area (Å²) in [5.41, 5.74) is 7.94. The molecule has 0 atom stereocenters. The molecule has 28 heavy (non-hydrogen) atoms. The molecular weight excluding hydrogens is 358 g/mol. The summed E-state index contributed by atoms with van der Waals surface area (Å²) >= 11 is 0. The van der Waals surface area contributed by atoms with Crippen LogP contribution in [0.15, 0.2) is 41.4 Å². The number of guanidine groups is 1. The molecule has 152 valence electrons. The average molecular weight is 387 g/mol. The van der Waals surface area contributed by atoms with Crippen molar-refractivity contribution >= 4 is 11.6 Å². The molecule has 0 heterocycles. The number of hydrogen-bond donors (Lipinski definition) is 2. The quantitative estimate of drug-likeness (QED) is 0.369. The van der Waals surface area contributed by atoms with E-state index in [1.165, 1.54) is 5.56 Å². The van der Waals surface area contributed by atoms with Crippen LogP contribution in [0.1, 0.15) is 18.9 Å². The second-order valence-electron chi connectivity index (χ2n) is 5.98. The Morgan fingerprint density at radius 2 is 1.61 bits per heavy atom. The third kappa shape index (κ3) is 5.97. The van der Waals surface area contributed by atoms with Gasteiger partial charge in [-0.1, -0.05) is 6.07 Å². The lowest BCUT2D eigenvalue weighted by atomic mass is 10.1. The van der Waals surface area contributed by atoms with E-state index >= 15 is 0 Å². The predicted octanol–water partition coefficient (Wildman–Crippen LogP) is 3.47. The number of benzene rings is 2. The minimum atomic E-state index is 0.358. The Labute approximate surface area is 166 Å². The highest BCUT2D eigenvalue weighted by atomic mass is 16.5. The largest absolute Gasteiger partial charge is 0.493 e. The van der Waals surface area contributed by atoms with E-state index in [4.69, 9.17) is 24.7 Å². The van der Waals surface area contributed by atoms with Crippen LogP contribution in [0.5, 0.6) is 23.0 Å². The SMILES string of the molecule is CCOc1cc(CCCN=C(N)Nc2ccc(OC)c(OC)c2)ccc1OC. The maximum atomic E-state index is 5.98. The first-order valence-corrected chi connectivity index (χ1v) is 9.20. The highest BCUT2D eigenvalue weighted by molar-refractivity contribution is 5.92. The van der Waals surface area contributed by atoms with E-state index < -0.39 is 0 Å². The second-order valence-corrected chi connectivity index (χ2v) is 5.98. The summed E-state index contributed by atoms with van der Waals surface area (Å²) in [7, 11) is 4.83. The number of hydrogen-bond acceptors (Lipinski definition) is 5. The maximum absolute atomic E-state index is 5.98. The smallest absolute Gasteiger partial charge is 0.193 e. The fraction of sp³-hybridized carbons (Fsp3) is 0.381. The van der Waals surface area contributed by atoms with Crippen molar-refractivity contribution < 1.29 is 18.9 Å². The number of nitrogens with one attached hydrogen (secondary N) is 1. The zero-order chi connectivity index (χ0) is 20.4. The molecule has 0 aliphatic heterocycles. The van der Waals surface area contributed by atoms with Crippen LogP contribution in [-0.2, 0) is 6.42 Å². The van der Waals surface area contributed by atoms with Crippen LogP contribution in [0.3, 0.4) is 0 Å². The third-order valence-corrected chi connectivity index (χ3v) is 4.09. The van der Waals surface area contributed by atoms with Crippen molar-refractivity contribution in [1.29, 1.82) is 0 Å². The fourth-order valence-corrected chi connectivity index (χ4v) is 2.73. The number of anilines is 1. The first kappa shape index (κ1) is 21.2. The van der Waals surface area contributed by atoms with Crippen LogP contribution in [-0.4, -0.2) is 40.4 Å². The summed E-state index contributed by atoms with van der Waals surface area (Å²) in [6.07, 6.45) is 1.74. The van der Waals surface area contributed by atoms with Crippen LogP contribution >= 0.6 is 0 Å². The predicted molar refractivity (Wildman–Crippen MR) is 112 cm³/mol. The molecule has 0 amide bonds. The summed E-state index contributed by atoms with van der Waals surface area (Å²) in [6.45, 7) is 3.17. The van der Waals surface area contributed by atoms with Gasteiger partial charge in [-0.25, -0.2) is 0 Å². The number of aliphatic imine (C=N–C) groups is 1. The Morgan fingerprint density at radius 3 is 2.29 bits per heavy atom. The van der Waals surface area contributed by atoms with Gasteiger partial charge < -0.3 is 30.0 Å². The monoisotopic (exact) mass is 387 g/mol. The highest BCUT2D eigenvalue weighted by Crippen LogP contribution is 2.30. The van der Waals surface area contributed by atoms with E-state index in [-0.39, 0.29) is 0 Å². The van der Waals surface area contributed by atoms with Crippen molar-refractivity contribution in [3.05, 3.63) is 42.0 Å². The lowest BCUT2D eigenvalue weighted by Gasteiger charge is -2.11. The molecule has 0 aliphatic rings. The lowest BCUT2D eigenvalue weighted by Crippen LogP contribution is -2.22. The van der Waals surface area contributed by atoms with Gasteiger partial charge in [0.2, 0.25) is 0 Å². The van der Waals surface area contributed by atoms with Gasteiger partial charge in [-0.05, 0) is 49.6 Å². The summed E-state index contributed by atoms with van der Waals surface area (Å²) in [4.78, 5) is 4.38. The summed E-state index contributed by atoms with van der Waals surface area (Å²) in [6, 6.07) is 11.5. The highest BCUT2D eigenvalue weighted by Gasteiger charge is 2.06. The van der Waals surface area contributed by atoms with Crippen molar-refractivity contribution in [2.75, 3.05) is 39.8 Å². The van der Waals surface area contributed by atoms with Gasteiger partial charge >= 0.3 is 0 Å². The van der Waals surface area contributed by atoms with Gasteiger partial charge in [-0.3, -0.25) is 4.99 Å². The molecule has 3 N–H and O–H groups in total. The van der Waals surface area contributed by atoms with Gasteiger partial charge in [0.15, 0.2) is 29.0 Å². The van der Waals surface area contributed by atoms with E-state index in [0.29, 0.717) is 30.6 Å². The van der Waals surface area contributed by atoms with Crippen molar-refractivity contribution in [2.24, 2.45) is 10.7 Å². The average Bonchev–Trinajstić information content (AvgIpc) is 2.71. The minimum Gasteiger partial charge on any atom is -0.493 e. The Balaban J connectivity index is 1.88. The molecule has 0 aliphatic carbocycles. The van der Waals surface area contributed by atoms with Crippen LogP contribution in [0, 0.1) is 0 Å². The first-order valence-electron chi connectivity index (χ1n) is 9.20. The normalized spacial score (nSPS) is 11.1. The van der Waals surface area contributed by atoms with Gasteiger partial charge in [0.25, 0.3) is 0 Å². The van der Waals surface area contributed by atoms with Crippen LogP contribution in [0.2, 0.25) is 0 Å². The van der Waals surface area contributed by atoms with Crippen molar-refractivity contribution in [1.82, 2.24) is 0 Å².